The monoisotopic (exact) mass is 241 g/mol. The second-order valence-electron chi connectivity index (χ2n) is 2.68. The molecule has 0 unspecified atom stereocenters. The van der Waals surface area contributed by atoms with Gasteiger partial charge in [0.05, 0.1) is 0 Å². The van der Waals surface area contributed by atoms with E-state index in [2.05, 4.69) is 10.1 Å². The van der Waals surface area contributed by atoms with E-state index in [0.717, 1.165) is 5.69 Å². The van der Waals surface area contributed by atoms with Gasteiger partial charge in [-0.2, -0.15) is 13.2 Å². The highest BCUT2D eigenvalue weighted by atomic mass is 35.5. The minimum atomic E-state index is -4.29. The average molecular weight is 242 g/mol. The summed E-state index contributed by atoms with van der Waals surface area (Å²) in [5, 5.41) is 2.85. The summed E-state index contributed by atoms with van der Waals surface area (Å²) in [6.45, 7) is -1.26. The molecule has 0 bridgehead atoms. The first-order valence-corrected chi connectivity index (χ1v) is 3.98. The van der Waals surface area contributed by atoms with Crippen molar-refractivity contribution in [1.82, 2.24) is 0 Å². The molecule has 0 heterocycles. The summed E-state index contributed by atoms with van der Waals surface area (Å²) in [5.74, 6) is 0.210. The van der Waals surface area contributed by atoms with Gasteiger partial charge in [0.25, 0.3) is 0 Å². The number of hydrogen-bond acceptors (Lipinski definition) is 2. The van der Waals surface area contributed by atoms with E-state index in [-0.39, 0.29) is 18.2 Å². The fourth-order valence-electron chi connectivity index (χ4n) is 0.883. The highest BCUT2D eigenvalue weighted by Gasteiger charge is 2.28. The van der Waals surface area contributed by atoms with Crippen LogP contribution in [0.2, 0.25) is 0 Å². The summed E-state index contributed by atoms with van der Waals surface area (Å²) in [6.07, 6.45) is -4.29. The van der Waals surface area contributed by atoms with Crippen molar-refractivity contribution in [3.05, 3.63) is 24.3 Å². The number of nitrogens with one attached hydrogen (secondary N) is 1. The van der Waals surface area contributed by atoms with Crippen molar-refractivity contribution in [1.29, 1.82) is 0 Å². The Kier molecular flexibility index (Phi) is 5.28. The van der Waals surface area contributed by atoms with Crippen LogP contribution in [0.1, 0.15) is 0 Å². The molecule has 0 amide bonds. The first-order valence-electron chi connectivity index (χ1n) is 3.98. The van der Waals surface area contributed by atoms with E-state index >= 15 is 0 Å². The Bertz CT molecular complexity index is 286. The predicted molar refractivity (Wildman–Crippen MR) is 54.8 cm³/mol. The van der Waals surface area contributed by atoms with Crippen molar-refractivity contribution in [2.75, 3.05) is 19.0 Å². The lowest BCUT2D eigenvalue weighted by Gasteiger charge is -2.09. The van der Waals surface area contributed by atoms with E-state index in [1.165, 1.54) is 12.1 Å². The van der Waals surface area contributed by atoms with E-state index in [4.69, 9.17) is 0 Å². The zero-order valence-corrected chi connectivity index (χ0v) is 8.78. The van der Waals surface area contributed by atoms with Gasteiger partial charge in [0.15, 0.2) is 6.61 Å². The first-order chi connectivity index (χ1) is 6.51. The molecule has 0 aliphatic carbocycles. The molecule has 0 fully saturated rings. The number of rotatable bonds is 3. The third-order valence-corrected chi connectivity index (χ3v) is 1.55. The Morgan fingerprint density at radius 1 is 1.20 bits per heavy atom. The largest absolute Gasteiger partial charge is 0.484 e. The molecule has 1 rings (SSSR count). The summed E-state index contributed by atoms with van der Waals surface area (Å²) in [6, 6.07) is 6.26. The number of anilines is 1. The van der Waals surface area contributed by atoms with Gasteiger partial charge in [-0.3, -0.25) is 0 Å². The Labute approximate surface area is 91.8 Å². The predicted octanol–water partition coefficient (Wildman–Crippen LogP) is 3.09. The van der Waals surface area contributed by atoms with Gasteiger partial charge >= 0.3 is 6.18 Å². The lowest BCUT2D eigenvalue weighted by atomic mass is 10.3. The van der Waals surface area contributed by atoms with Crippen LogP contribution in [-0.2, 0) is 0 Å². The van der Waals surface area contributed by atoms with Crippen LogP contribution in [0, 0.1) is 0 Å². The van der Waals surface area contributed by atoms with Crippen LogP contribution < -0.4 is 10.1 Å². The molecular weight excluding hydrogens is 231 g/mol. The Morgan fingerprint density at radius 2 is 1.73 bits per heavy atom. The molecule has 0 aliphatic heterocycles. The second-order valence-corrected chi connectivity index (χ2v) is 2.68. The van der Waals surface area contributed by atoms with E-state index < -0.39 is 12.8 Å². The summed E-state index contributed by atoms with van der Waals surface area (Å²) in [5.41, 5.74) is 0.823. The van der Waals surface area contributed by atoms with Gasteiger partial charge in [-0.25, -0.2) is 0 Å². The Hall–Kier alpha value is -1.10. The molecular formula is C9H11ClF3NO. The first kappa shape index (κ1) is 13.9. The SMILES string of the molecule is CNc1ccc(OCC(F)(F)F)cc1.Cl. The van der Waals surface area contributed by atoms with Crippen LogP contribution in [0.3, 0.4) is 0 Å². The maximum atomic E-state index is 11.7. The van der Waals surface area contributed by atoms with Gasteiger partial charge in [0.1, 0.15) is 5.75 Å². The van der Waals surface area contributed by atoms with Crippen LogP contribution in [-0.4, -0.2) is 19.8 Å². The lowest BCUT2D eigenvalue weighted by molar-refractivity contribution is -0.153. The normalized spacial score (nSPS) is 10.4. The molecule has 0 saturated carbocycles. The van der Waals surface area contributed by atoms with Crippen molar-refractivity contribution in [3.8, 4) is 5.75 Å². The van der Waals surface area contributed by atoms with Crippen molar-refractivity contribution in [2.45, 2.75) is 6.18 Å². The lowest BCUT2D eigenvalue weighted by Crippen LogP contribution is -2.19. The number of hydrogen-bond donors (Lipinski definition) is 1. The molecule has 15 heavy (non-hydrogen) atoms. The van der Waals surface area contributed by atoms with E-state index in [9.17, 15) is 13.2 Å². The summed E-state index contributed by atoms with van der Waals surface area (Å²) in [4.78, 5) is 0. The maximum Gasteiger partial charge on any atom is 0.422 e. The maximum absolute atomic E-state index is 11.7. The zero-order valence-electron chi connectivity index (χ0n) is 7.97. The van der Waals surface area contributed by atoms with Crippen LogP contribution in [0.15, 0.2) is 24.3 Å². The summed E-state index contributed by atoms with van der Waals surface area (Å²) >= 11 is 0. The number of halogens is 4. The van der Waals surface area contributed by atoms with Crippen LogP contribution in [0.25, 0.3) is 0 Å². The molecule has 86 valence electrons. The van der Waals surface area contributed by atoms with Crippen molar-refractivity contribution >= 4 is 18.1 Å². The standard InChI is InChI=1S/C9H10F3NO.ClH/c1-13-7-2-4-8(5-3-7)14-6-9(10,11)12;/h2-5,13H,6H2,1H3;1H. The molecule has 0 saturated heterocycles. The van der Waals surface area contributed by atoms with Gasteiger partial charge in [-0.15, -0.1) is 12.4 Å². The number of benzene rings is 1. The van der Waals surface area contributed by atoms with E-state index in [1.54, 1.807) is 19.2 Å². The van der Waals surface area contributed by atoms with Crippen LogP contribution >= 0.6 is 12.4 Å². The zero-order chi connectivity index (χ0) is 10.6. The van der Waals surface area contributed by atoms with Crippen molar-refractivity contribution in [2.24, 2.45) is 0 Å². The van der Waals surface area contributed by atoms with Crippen molar-refractivity contribution < 1.29 is 17.9 Å². The molecule has 1 aromatic rings. The molecule has 0 spiro atoms. The molecule has 0 radical (unpaired) electrons. The summed E-state index contributed by atoms with van der Waals surface area (Å²) in [7, 11) is 1.73. The summed E-state index contributed by atoms with van der Waals surface area (Å²) < 4.78 is 39.8. The van der Waals surface area contributed by atoms with Gasteiger partial charge in [0, 0.05) is 12.7 Å². The van der Waals surface area contributed by atoms with Gasteiger partial charge in [-0.1, -0.05) is 0 Å². The minimum absolute atomic E-state index is 0. The molecule has 2 nitrogen and oxygen atoms in total. The van der Waals surface area contributed by atoms with Crippen LogP contribution in [0.4, 0.5) is 18.9 Å². The van der Waals surface area contributed by atoms with E-state index in [1.807, 2.05) is 0 Å². The molecule has 0 aromatic heterocycles. The van der Waals surface area contributed by atoms with Crippen molar-refractivity contribution in [3.63, 3.8) is 0 Å². The quantitative estimate of drug-likeness (QED) is 0.878. The highest BCUT2D eigenvalue weighted by Crippen LogP contribution is 2.19. The molecule has 1 aromatic carbocycles. The fraction of sp³-hybridized carbons (Fsp3) is 0.333. The fourth-order valence-corrected chi connectivity index (χ4v) is 0.883. The topological polar surface area (TPSA) is 21.3 Å². The van der Waals surface area contributed by atoms with Gasteiger partial charge in [0.2, 0.25) is 0 Å². The molecule has 1 N–H and O–H groups in total. The smallest absolute Gasteiger partial charge is 0.422 e. The second kappa shape index (κ2) is 5.70. The van der Waals surface area contributed by atoms with Gasteiger partial charge < -0.3 is 10.1 Å². The average Bonchev–Trinajstić information content (AvgIpc) is 2.14. The molecule has 0 aliphatic rings. The highest BCUT2D eigenvalue weighted by molar-refractivity contribution is 5.85. The van der Waals surface area contributed by atoms with E-state index in [0.29, 0.717) is 0 Å². The van der Waals surface area contributed by atoms with Crippen LogP contribution in [0.5, 0.6) is 5.75 Å². The third kappa shape index (κ3) is 5.37. The molecule has 0 atom stereocenters. The Morgan fingerprint density at radius 3 is 2.13 bits per heavy atom. The number of ether oxygens (including phenoxy) is 1. The minimum Gasteiger partial charge on any atom is -0.484 e. The Balaban J connectivity index is 0.00000196. The third-order valence-electron chi connectivity index (χ3n) is 1.55. The molecule has 6 heteroatoms. The number of alkyl halides is 3. The van der Waals surface area contributed by atoms with Gasteiger partial charge in [-0.05, 0) is 24.3 Å².